The van der Waals surface area contributed by atoms with Crippen LogP contribution in [0, 0.1) is 23.5 Å². The van der Waals surface area contributed by atoms with E-state index < -0.39 is 38.2 Å². The summed E-state index contributed by atoms with van der Waals surface area (Å²) in [5.74, 6) is -3.27. The largest absolute Gasteiger partial charge is 0.390 e. The molecule has 9 heteroatoms. The van der Waals surface area contributed by atoms with Gasteiger partial charge >= 0.3 is 0 Å². The average molecular weight is 486 g/mol. The van der Waals surface area contributed by atoms with Gasteiger partial charge in [-0.3, -0.25) is 4.79 Å². The second-order valence-corrected chi connectivity index (χ2v) is 11.2. The van der Waals surface area contributed by atoms with Crippen LogP contribution in [0.15, 0.2) is 41.3 Å². The minimum atomic E-state index is -3.89. The lowest BCUT2D eigenvalue weighted by atomic mass is 9.69. The highest BCUT2D eigenvalue weighted by molar-refractivity contribution is 7.92. The van der Waals surface area contributed by atoms with Gasteiger partial charge in [-0.25, -0.2) is 17.2 Å². The highest BCUT2D eigenvalue weighted by Crippen LogP contribution is 2.44. The monoisotopic (exact) mass is 485 g/mol. The molecule has 0 aliphatic heterocycles. The molecule has 2 aromatic carbocycles. The Morgan fingerprint density at radius 3 is 2.50 bits per heavy atom. The normalized spacial score (nSPS) is 26.0. The summed E-state index contributed by atoms with van der Waals surface area (Å²) in [6.45, 7) is 5.49. The lowest BCUT2D eigenvalue weighted by Gasteiger charge is -2.45. The number of hydrogen-bond donors (Lipinski definition) is 2. The zero-order valence-electron chi connectivity index (χ0n) is 18.0. The highest BCUT2D eigenvalue weighted by atomic mass is 35.5. The van der Waals surface area contributed by atoms with Crippen molar-refractivity contribution in [3.63, 3.8) is 0 Å². The fourth-order valence-corrected chi connectivity index (χ4v) is 6.80. The molecule has 174 valence electrons. The van der Waals surface area contributed by atoms with Gasteiger partial charge in [0.15, 0.2) is 21.5 Å². The summed E-state index contributed by atoms with van der Waals surface area (Å²) >= 11 is 6.21. The predicted octanol–water partition coefficient (Wildman–Crippen LogP) is 5.22. The summed E-state index contributed by atoms with van der Waals surface area (Å²) in [6.07, 6.45) is 1.19. The predicted molar refractivity (Wildman–Crippen MR) is 120 cm³/mol. The minimum Gasteiger partial charge on any atom is -0.390 e. The zero-order chi connectivity index (χ0) is 23.8. The maximum Gasteiger partial charge on any atom is 0.255 e. The molecule has 0 bridgehead atoms. The van der Waals surface area contributed by atoms with Gasteiger partial charge in [-0.15, -0.1) is 0 Å². The van der Waals surface area contributed by atoms with Crippen molar-refractivity contribution in [2.45, 2.75) is 55.8 Å². The van der Waals surface area contributed by atoms with Crippen LogP contribution >= 0.6 is 11.6 Å². The first-order chi connectivity index (χ1) is 14.9. The van der Waals surface area contributed by atoms with Gasteiger partial charge in [-0.2, -0.15) is 0 Å². The second kappa shape index (κ2) is 9.08. The number of benzene rings is 2. The molecule has 0 saturated heterocycles. The van der Waals surface area contributed by atoms with E-state index >= 15 is 0 Å². The Bertz CT molecular complexity index is 1140. The maximum atomic E-state index is 13.5. The Morgan fingerprint density at radius 2 is 1.88 bits per heavy atom. The average Bonchev–Trinajstić information content (AvgIpc) is 2.72. The van der Waals surface area contributed by atoms with Gasteiger partial charge < -0.3 is 10.4 Å². The molecule has 2 N–H and O–H groups in total. The summed E-state index contributed by atoms with van der Waals surface area (Å²) in [6, 6.07) is 6.80. The van der Waals surface area contributed by atoms with Crippen LogP contribution in [-0.4, -0.2) is 30.3 Å². The molecule has 1 unspecified atom stereocenters. The number of hydrogen-bond acceptors (Lipinski definition) is 4. The molecule has 0 radical (unpaired) electrons. The van der Waals surface area contributed by atoms with Crippen LogP contribution in [0.2, 0.25) is 5.02 Å². The van der Waals surface area contributed by atoms with E-state index in [-0.39, 0.29) is 45.8 Å². The fraction of sp³-hybridized carbons (Fsp3) is 0.435. The Balaban J connectivity index is 1.90. The number of rotatable bonds is 5. The van der Waals surface area contributed by atoms with Crippen molar-refractivity contribution in [3.8, 4) is 0 Å². The number of sulfone groups is 1. The molecule has 1 aliphatic rings. The number of carbonyl (C=O) groups excluding carboxylic acids is 1. The van der Waals surface area contributed by atoms with Gasteiger partial charge in [0, 0.05) is 17.3 Å². The molecular weight excluding hydrogens is 460 g/mol. The van der Waals surface area contributed by atoms with Gasteiger partial charge in [-0.1, -0.05) is 31.9 Å². The molecule has 1 fully saturated rings. The second-order valence-electron chi connectivity index (χ2n) is 8.60. The van der Waals surface area contributed by atoms with Gasteiger partial charge in [0.05, 0.1) is 20.8 Å². The number of carbonyl (C=O) groups is 1. The van der Waals surface area contributed by atoms with E-state index in [0.29, 0.717) is 6.42 Å². The van der Waals surface area contributed by atoms with Crippen LogP contribution in [-0.2, 0) is 9.84 Å². The Kier molecular flexibility index (Phi) is 6.98. The van der Waals surface area contributed by atoms with Crippen molar-refractivity contribution >= 4 is 33.0 Å². The molecule has 2 aromatic rings. The van der Waals surface area contributed by atoms with Crippen LogP contribution < -0.4 is 5.32 Å². The van der Waals surface area contributed by atoms with Crippen molar-refractivity contribution in [1.82, 2.24) is 0 Å². The van der Waals surface area contributed by atoms with Crippen molar-refractivity contribution in [3.05, 3.63) is 58.6 Å². The van der Waals surface area contributed by atoms with Gasteiger partial charge in [0.1, 0.15) is 0 Å². The Morgan fingerprint density at radius 1 is 1.19 bits per heavy atom. The molecule has 1 saturated carbocycles. The molecule has 0 heterocycles. The fourth-order valence-electron chi connectivity index (χ4n) is 4.34. The lowest BCUT2D eigenvalue weighted by molar-refractivity contribution is -0.0729. The van der Waals surface area contributed by atoms with E-state index in [0.717, 1.165) is 12.1 Å². The van der Waals surface area contributed by atoms with Crippen LogP contribution in [0.25, 0.3) is 0 Å². The first-order valence-electron chi connectivity index (χ1n) is 10.4. The summed E-state index contributed by atoms with van der Waals surface area (Å²) in [4.78, 5) is 12.5. The van der Waals surface area contributed by atoms with Crippen LogP contribution in [0.5, 0.6) is 0 Å². The molecule has 1 amide bonds. The number of nitrogens with one attached hydrogen (secondary N) is 1. The standard InChI is InChI=1S/C23H26ClF2NO4S/c1-4-15-11-17(9-13(2)23(15,3)29)32(30,31)21-10-14(5-7-18(21)24)22(28)27-16-6-8-19(25)20(26)12-16/h5-8,10,12-13,15,17,29H,4,9,11H2,1-3H3,(H,27,28)/t13-,15?,17-,23-/m0/s1. The van der Waals surface area contributed by atoms with Crippen molar-refractivity contribution in [1.29, 1.82) is 0 Å². The van der Waals surface area contributed by atoms with E-state index in [1.54, 1.807) is 6.92 Å². The van der Waals surface area contributed by atoms with Gasteiger partial charge in [0.2, 0.25) is 0 Å². The summed E-state index contributed by atoms with van der Waals surface area (Å²) in [5.41, 5.74) is -0.917. The quantitative estimate of drug-likeness (QED) is 0.608. The topological polar surface area (TPSA) is 83.5 Å². The number of halogens is 3. The minimum absolute atomic E-state index is 0.00703. The molecule has 5 nitrogen and oxygen atoms in total. The first kappa shape index (κ1) is 24.6. The van der Waals surface area contributed by atoms with Gasteiger partial charge in [0.25, 0.3) is 5.91 Å². The van der Waals surface area contributed by atoms with Crippen molar-refractivity contribution < 1.29 is 27.1 Å². The molecule has 4 atom stereocenters. The Labute approximate surface area is 191 Å². The van der Waals surface area contributed by atoms with E-state index in [2.05, 4.69) is 5.32 Å². The van der Waals surface area contributed by atoms with Crippen LogP contribution in [0.4, 0.5) is 14.5 Å². The molecular formula is C23H26ClF2NO4S. The van der Waals surface area contributed by atoms with E-state index in [4.69, 9.17) is 11.6 Å². The summed E-state index contributed by atoms with van der Waals surface area (Å²) in [5, 5.41) is 12.4. The van der Waals surface area contributed by atoms with E-state index in [1.807, 2.05) is 13.8 Å². The number of aliphatic hydroxyl groups is 1. The van der Waals surface area contributed by atoms with Gasteiger partial charge in [-0.05, 0) is 61.9 Å². The first-order valence-corrected chi connectivity index (χ1v) is 12.3. The van der Waals surface area contributed by atoms with E-state index in [9.17, 15) is 27.1 Å². The summed E-state index contributed by atoms with van der Waals surface area (Å²) < 4.78 is 53.4. The maximum absolute atomic E-state index is 13.5. The highest BCUT2D eigenvalue weighted by Gasteiger charge is 2.47. The molecule has 1 aliphatic carbocycles. The third-order valence-electron chi connectivity index (χ3n) is 6.60. The van der Waals surface area contributed by atoms with Crippen LogP contribution in [0.1, 0.15) is 50.4 Å². The third-order valence-corrected chi connectivity index (χ3v) is 9.25. The van der Waals surface area contributed by atoms with Crippen LogP contribution in [0.3, 0.4) is 0 Å². The molecule has 3 rings (SSSR count). The third kappa shape index (κ3) is 4.67. The summed E-state index contributed by atoms with van der Waals surface area (Å²) in [7, 11) is -3.89. The molecule has 0 spiro atoms. The zero-order valence-corrected chi connectivity index (χ0v) is 19.6. The lowest BCUT2D eigenvalue weighted by Crippen LogP contribution is -2.49. The van der Waals surface area contributed by atoms with E-state index in [1.165, 1.54) is 24.3 Å². The van der Waals surface area contributed by atoms with Crippen molar-refractivity contribution in [2.24, 2.45) is 11.8 Å². The molecule has 32 heavy (non-hydrogen) atoms. The SMILES string of the molecule is CCC1C[C@@H](S(=O)(=O)c2cc(C(=O)Nc3ccc(F)c(F)c3)ccc2Cl)C[C@H](C)[C@]1(C)O. The number of amides is 1. The molecule has 0 aromatic heterocycles. The van der Waals surface area contributed by atoms with Crippen molar-refractivity contribution in [2.75, 3.05) is 5.32 Å². The smallest absolute Gasteiger partial charge is 0.255 e. The Hall–Kier alpha value is -2.03. The number of anilines is 1.